The molecule has 0 radical (unpaired) electrons. The Morgan fingerprint density at radius 1 is 0.969 bits per heavy atom. The molecule has 0 aliphatic carbocycles. The number of carbonyl (C=O) groups excluding carboxylic acids is 1. The predicted molar refractivity (Wildman–Crippen MR) is 114 cm³/mol. The molecule has 1 amide bonds. The van der Waals surface area contributed by atoms with E-state index in [9.17, 15) is 18.0 Å². The largest absolute Gasteiger partial charge is 0.417 e. The Kier molecular flexibility index (Phi) is 4.65. The minimum absolute atomic E-state index is 0.181. The Bertz CT molecular complexity index is 1320. The van der Waals surface area contributed by atoms with Gasteiger partial charge in [0.2, 0.25) is 0 Å². The Morgan fingerprint density at radius 3 is 2.53 bits per heavy atom. The molecule has 0 N–H and O–H groups in total. The molecule has 1 aliphatic rings. The van der Waals surface area contributed by atoms with Crippen molar-refractivity contribution in [3.63, 3.8) is 0 Å². The maximum absolute atomic E-state index is 14.0. The molecule has 5 nitrogen and oxygen atoms in total. The fourth-order valence-electron chi connectivity index (χ4n) is 4.07. The quantitative estimate of drug-likeness (QED) is 0.433. The first-order valence-corrected chi connectivity index (χ1v) is 10.1. The second kappa shape index (κ2) is 7.40. The van der Waals surface area contributed by atoms with Gasteiger partial charge in [0.05, 0.1) is 29.1 Å². The molecule has 162 valence electrons. The monoisotopic (exact) mass is 436 g/mol. The van der Waals surface area contributed by atoms with Crippen LogP contribution >= 0.6 is 0 Å². The first kappa shape index (κ1) is 20.1. The fourth-order valence-corrected chi connectivity index (χ4v) is 4.07. The highest BCUT2D eigenvalue weighted by Crippen LogP contribution is 2.36. The lowest BCUT2D eigenvalue weighted by molar-refractivity contribution is -0.137. The van der Waals surface area contributed by atoms with E-state index in [1.807, 2.05) is 35.0 Å². The van der Waals surface area contributed by atoms with Gasteiger partial charge < -0.3 is 9.47 Å². The van der Waals surface area contributed by atoms with Crippen LogP contribution in [-0.2, 0) is 19.3 Å². The van der Waals surface area contributed by atoms with Gasteiger partial charge in [-0.3, -0.25) is 4.79 Å². The zero-order valence-electron chi connectivity index (χ0n) is 17.2. The second-order valence-electron chi connectivity index (χ2n) is 7.78. The van der Waals surface area contributed by atoms with Crippen molar-refractivity contribution in [2.75, 3.05) is 4.90 Å². The van der Waals surface area contributed by atoms with Crippen LogP contribution in [0.1, 0.15) is 32.9 Å². The third kappa shape index (κ3) is 3.47. The van der Waals surface area contributed by atoms with E-state index in [0.29, 0.717) is 17.9 Å². The number of alkyl halides is 3. The number of aromatic nitrogens is 3. The lowest BCUT2D eigenvalue weighted by Crippen LogP contribution is -2.32. The number of nitrogens with zero attached hydrogens (tertiary/aromatic N) is 4. The number of halogens is 3. The van der Waals surface area contributed by atoms with E-state index < -0.39 is 17.6 Å². The van der Waals surface area contributed by atoms with Crippen molar-refractivity contribution in [3.05, 3.63) is 101 Å². The van der Waals surface area contributed by atoms with Gasteiger partial charge in [-0.1, -0.05) is 18.2 Å². The number of hydrogen-bond acceptors (Lipinski definition) is 2. The highest BCUT2D eigenvalue weighted by atomic mass is 19.4. The standard InChI is InChI=1S/C24H19F3N4O/c1-16-10-12-31(28-16)18-8-9-20(21(13-18)24(25,26)27)23(32)30-15-19-6-4-11-29(19)14-17-5-2-3-7-22(17)30/h2-13H,14-15H2,1H3. The van der Waals surface area contributed by atoms with Gasteiger partial charge in [0.15, 0.2) is 0 Å². The molecule has 2 aromatic heterocycles. The molecule has 3 heterocycles. The molecule has 0 saturated carbocycles. The summed E-state index contributed by atoms with van der Waals surface area (Å²) in [6.07, 6.45) is -1.21. The number of carbonyl (C=O) groups is 1. The van der Waals surface area contributed by atoms with Crippen LogP contribution in [0.15, 0.2) is 73.1 Å². The van der Waals surface area contributed by atoms with E-state index in [0.717, 1.165) is 17.3 Å². The van der Waals surface area contributed by atoms with Gasteiger partial charge >= 0.3 is 6.18 Å². The van der Waals surface area contributed by atoms with Crippen LogP contribution in [0.25, 0.3) is 5.69 Å². The first-order chi connectivity index (χ1) is 15.3. The lowest BCUT2D eigenvalue weighted by atomic mass is 10.0. The van der Waals surface area contributed by atoms with Crippen molar-refractivity contribution in [2.24, 2.45) is 0 Å². The van der Waals surface area contributed by atoms with E-state index >= 15 is 0 Å². The molecule has 0 atom stereocenters. The normalized spacial score (nSPS) is 13.4. The molecule has 0 unspecified atom stereocenters. The molecule has 2 aromatic carbocycles. The fraction of sp³-hybridized carbons (Fsp3) is 0.167. The van der Waals surface area contributed by atoms with Gasteiger partial charge in [-0.2, -0.15) is 18.3 Å². The van der Waals surface area contributed by atoms with Gasteiger partial charge in [-0.05, 0) is 55.0 Å². The van der Waals surface area contributed by atoms with Gasteiger partial charge in [-0.25, -0.2) is 4.68 Å². The molecule has 32 heavy (non-hydrogen) atoms. The van der Waals surface area contributed by atoms with Crippen LogP contribution in [0, 0.1) is 6.92 Å². The van der Waals surface area contributed by atoms with Crippen molar-refractivity contribution >= 4 is 11.6 Å². The minimum Gasteiger partial charge on any atom is -0.345 e. The van der Waals surface area contributed by atoms with Crippen molar-refractivity contribution < 1.29 is 18.0 Å². The average molecular weight is 436 g/mol. The summed E-state index contributed by atoms with van der Waals surface area (Å²) in [5.74, 6) is -0.692. The summed E-state index contributed by atoms with van der Waals surface area (Å²) in [4.78, 5) is 15.0. The molecule has 1 aliphatic heterocycles. The number of para-hydroxylation sites is 1. The number of aryl methyl sites for hydroxylation is 1. The molecule has 0 fully saturated rings. The number of rotatable bonds is 2. The van der Waals surface area contributed by atoms with Crippen molar-refractivity contribution in [3.8, 4) is 5.69 Å². The summed E-state index contributed by atoms with van der Waals surface area (Å²) >= 11 is 0. The van der Waals surface area contributed by atoms with Gasteiger partial charge in [0, 0.05) is 30.3 Å². The Hall–Kier alpha value is -3.81. The summed E-state index contributed by atoms with van der Waals surface area (Å²) in [6.45, 7) is 2.48. The maximum atomic E-state index is 14.0. The Labute approximate surface area is 182 Å². The maximum Gasteiger partial charge on any atom is 0.417 e. The van der Waals surface area contributed by atoms with E-state index in [-0.39, 0.29) is 17.8 Å². The number of hydrogen-bond donors (Lipinski definition) is 0. The van der Waals surface area contributed by atoms with Crippen LogP contribution in [0.4, 0.5) is 18.9 Å². The molecule has 0 bridgehead atoms. The third-order valence-electron chi connectivity index (χ3n) is 5.64. The Balaban J connectivity index is 1.62. The van der Waals surface area contributed by atoms with Crippen LogP contribution in [-0.4, -0.2) is 20.3 Å². The average Bonchev–Trinajstić information content (AvgIpc) is 3.36. The van der Waals surface area contributed by atoms with Crippen molar-refractivity contribution in [1.29, 1.82) is 0 Å². The number of amides is 1. The van der Waals surface area contributed by atoms with Crippen LogP contribution in [0.2, 0.25) is 0 Å². The zero-order valence-corrected chi connectivity index (χ0v) is 17.2. The summed E-state index contributed by atoms with van der Waals surface area (Å²) in [5, 5.41) is 4.18. The molecule has 8 heteroatoms. The van der Waals surface area contributed by atoms with Gasteiger partial charge in [0.1, 0.15) is 0 Å². The molecular formula is C24H19F3N4O. The SMILES string of the molecule is Cc1ccn(-c2ccc(C(=O)N3Cc4cccn4Cc4ccccc43)c(C(F)(F)F)c2)n1. The lowest BCUT2D eigenvalue weighted by Gasteiger charge is -2.24. The minimum atomic E-state index is -4.70. The molecule has 4 aromatic rings. The highest BCUT2D eigenvalue weighted by Gasteiger charge is 2.37. The topological polar surface area (TPSA) is 43.1 Å². The van der Waals surface area contributed by atoms with Gasteiger partial charge in [0.25, 0.3) is 5.91 Å². The second-order valence-corrected chi connectivity index (χ2v) is 7.78. The van der Waals surface area contributed by atoms with E-state index in [1.165, 1.54) is 21.7 Å². The summed E-state index contributed by atoms with van der Waals surface area (Å²) in [5.41, 5.74) is 1.89. The van der Waals surface area contributed by atoms with E-state index in [2.05, 4.69) is 5.10 Å². The number of fused-ring (bicyclic) bond motifs is 2. The molecule has 0 spiro atoms. The highest BCUT2D eigenvalue weighted by molar-refractivity contribution is 6.07. The van der Waals surface area contributed by atoms with Crippen LogP contribution in [0.5, 0.6) is 0 Å². The van der Waals surface area contributed by atoms with E-state index in [1.54, 1.807) is 31.3 Å². The number of anilines is 1. The van der Waals surface area contributed by atoms with E-state index in [4.69, 9.17) is 0 Å². The summed E-state index contributed by atoms with van der Waals surface area (Å²) in [6, 6.07) is 16.5. The number of benzene rings is 2. The summed E-state index contributed by atoms with van der Waals surface area (Å²) in [7, 11) is 0. The Morgan fingerprint density at radius 2 is 1.78 bits per heavy atom. The van der Waals surface area contributed by atoms with Crippen LogP contribution in [0.3, 0.4) is 0 Å². The zero-order chi connectivity index (χ0) is 22.5. The van der Waals surface area contributed by atoms with Crippen molar-refractivity contribution in [1.82, 2.24) is 14.3 Å². The smallest absolute Gasteiger partial charge is 0.345 e. The third-order valence-corrected chi connectivity index (χ3v) is 5.64. The molecule has 5 rings (SSSR count). The van der Waals surface area contributed by atoms with Gasteiger partial charge in [-0.15, -0.1) is 0 Å². The van der Waals surface area contributed by atoms with Crippen LogP contribution < -0.4 is 4.90 Å². The molecule has 0 saturated heterocycles. The van der Waals surface area contributed by atoms with Crippen molar-refractivity contribution in [2.45, 2.75) is 26.2 Å². The predicted octanol–water partition coefficient (Wildman–Crippen LogP) is 5.21. The summed E-state index contributed by atoms with van der Waals surface area (Å²) < 4.78 is 45.5. The first-order valence-electron chi connectivity index (χ1n) is 10.1. The molecular weight excluding hydrogens is 417 g/mol.